The maximum Gasteiger partial charge on any atom is 0.310 e. The number of amides is 1. The molecule has 0 bridgehead atoms. The minimum atomic E-state index is -0.548. The zero-order valence-corrected chi connectivity index (χ0v) is 12.3. The van der Waals surface area contributed by atoms with Crippen molar-refractivity contribution in [2.75, 3.05) is 6.61 Å². The maximum atomic E-state index is 11.7. The van der Waals surface area contributed by atoms with Gasteiger partial charge in [0.2, 0.25) is 0 Å². The SMILES string of the molecule is CCCC(C)NC(=O)COc1cc(CN)ccc1[N+](=O)[O-]. The van der Waals surface area contributed by atoms with Crippen molar-refractivity contribution in [3.8, 4) is 5.75 Å². The summed E-state index contributed by atoms with van der Waals surface area (Å²) in [5.74, 6) is -0.246. The number of carbonyl (C=O) groups is 1. The molecule has 21 heavy (non-hydrogen) atoms. The Labute approximate surface area is 123 Å². The molecule has 0 saturated heterocycles. The Balaban J connectivity index is 2.69. The molecule has 1 atom stereocenters. The average molecular weight is 295 g/mol. The van der Waals surface area contributed by atoms with Crippen molar-refractivity contribution in [2.24, 2.45) is 5.73 Å². The van der Waals surface area contributed by atoms with Crippen LogP contribution in [0.3, 0.4) is 0 Å². The van der Waals surface area contributed by atoms with E-state index in [1.54, 1.807) is 6.07 Å². The lowest BCUT2D eigenvalue weighted by Crippen LogP contribution is -2.36. The van der Waals surface area contributed by atoms with Crippen LogP contribution < -0.4 is 15.8 Å². The number of rotatable bonds is 8. The summed E-state index contributed by atoms with van der Waals surface area (Å²) in [6, 6.07) is 4.43. The molecule has 0 aliphatic heterocycles. The van der Waals surface area contributed by atoms with Crippen LogP contribution in [0.5, 0.6) is 5.75 Å². The predicted molar refractivity (Wildman–Crippen MR) is 79.0 cm³/mol. The first-order valence-electron chi connectivity index (χ1n) is 6.87. The largest absolute Gasteiger partial charge is 0.477 e. The second-order valence-corrected chi connectivity index (χ2v) is 4.81. The second kappa shape index (κ2) is 8.21. The zero-order valence-electron chi connectivity index (χ0n) is 12.3. The molecule has 0 saturated carbocycles. The van der Waals surface area contributed by atoms with Gasteiger partial charge >= 0.3 is 5.69 Å². The van der Waals surface area contributed by atoms with Gasteiger partial charge < -0.3 is 15.8 Å². The van der Waals surface area contributed by atoms with Crippen molar-refractivity contribution in [1.82, 2.24) is 5.32 Å². The van der Waals surface area contributed by atoms with Crippen molar-refractivity contribution < 1.29 is 14.5 Å². The van der Waals surface area contributed by atoms with Gasteiger partial charge in [-0.05, 0) is 25.0 Å². The van der Waals surface area contributed by atoms with E-state index < -0.39 is 4.92 Å². The lowest BCUT2D eigenvalue weighted by atomic mass is 10.2. The zero-order chi connectivity index (χ0) is 15.8. The van der Waals surface area contributed by atoms with E-state index in [9.17, 15) is 14.9 Å². The summed E-state index contributed by atoms with van der Waals surface area (Å²) >= 11 is 0. The summed E-state index contributed by atoms with van der Waals surface area (Å²) in [6.07, 6.45) is 1.83. The van der Waals surface area contributed by atoms with Crippen LogP contribution in [0.2, 0.25) is 0 Å². The van der Waals surface area contributed by atoms with E-state index in [0.29, 0.717) is 5.56 Å². The van der Waals surface area contributed by atoms with Crippen LogP contribution >= 0.6 is 0 Å². The third-order valence-electron chi connectivity index (χ3n) is 2.94. The molecule has 7 nitrogen and oxygen atoms in total. The molecule has 1 rings (SSSR count). The molecule has 1 amide bonds. The molecule has 0 aliphatic carbocycles. The van der Waals surface area contributed by atoms with Crippen LogP contribution in [0.4, 0.5) is 5.69 Å². The summed E-state index contributed by atoms with van der Waals surface area (Å²) in [5.41, 5.74) is 6.02. The van der Waals surface area contributed by atoms with Gasteiger partial charge in [0.15, 0.2) is 12.4 Å². The van der Waals surface area contributed by atoms with Gasteiger partial charge in [-0.1, -0.05) is 19.4 Å². The lowest BCUT2D eigenvalue weighted by molar-refractivity contribution is -0.385. The fraction of sp³-hybridized carbons (Fsp3) is 0.500. The monoisotopic (exact) mass is 295 g/mol. The summed E-state index contributed by atoms with van der Waals surface area (Å²) in [6.45, 7) is 3.91. The molecule has 0 aromatic heterocycles. The third kappa shape index (κ3) is 5.39. The molecule has 7 heteroatoms. The lowest BCUT2D eigenvalue weighted by Gasteiger charge is -2.13. The summed E-state index contributed by atoms with van der Waals surface area (Å²) < 4.78 is 5.27. The van der Waals surface area contributed by atoms with Crippen LogP contribution in [0.15, 0.2) is 18.2 Å². The van der Waals surface area contributed by atoms with Gasteiger partial charge in [-0.2, -0.15) is 0 Å². The number of hydrogen-bond acceptors (Lipinski definition) is 5. The van der Waals surface area contributed by atoms with E-state index in [1.807, 2.05) is 13.8 Å². The number of nitrogens with zero attached hydrogens (tertiary/aromatic N) is 1. The molecule has 0 spiro atoms. The first-order chi connectivity index (χ1) is 9.97. The van der Waals surface area contributed by atoms with Crippen LogP contribution in [0.25, 0.3) is 0 Å². The fourth-order valence-corrected chi connectivity index (χ4v) is 1.92. The standard InChI is InChI=1S/C14H21N3O4/c1-3-4-10(2)16-14(18)9-21-13-7-11(8-15)5-6-12(13)17(19)20/h5-7,10H,3-4,8-9,15H2,1-2H3,(H,16,18). The number of nitro benzene ring substituents is 1. The topological polar surface area (TPSA) is 107 Å². The van der Waals surface area contributed by atoms with Crippen LogP contribution in [0.1, 0.15) is 32.3 Å². The van der Waals surface area contributed by atoms with Crippen molar-refractivity contribution >= 4 is 11.6 Å². The maximum absolute atomic E-state index is 11.7. The number of hydrogen-bond donors (Lipinski definition) is 2. The highest BCUT2D eigenvalue weighted by Crippen LogP contribution is 2.27. The van der Waals surface area contributed by atoms with Crippen LogP contribution in [0, 0.1) is 10.1 Å². The minimum absolute atomic E-state index is 0.0523. The van der Waals surface area contributed by atoms with E-state index in [-0.39, 0.29) is 36.5 Å². The van der Waals surface area contributed by atoms with Gasteiger partial charge in [0, 0.05) is 18.7 Å². The number of nitrogens with two attached hydrogens (primary N) is 1. The van der Waals surface area contributed by atoms with Crippen molar-refractivity contribution in [3.63, 3.8) is 0 Å². The van der Waals surface area contributed by atoms with Gasteiger partial charge in [0.05, 0.1) is 4.92 Å². The van der Waals surface area contributed by atoms with Gasteiger partial charge in [0.1, 0.15) is 0 Å². The fourth-order valence-electron chi connectivity index (χ4n) is 1.92. The first-order valence-corrected chi connectivity index (χ1v) is 6.87. The quantitative estimate of drug-likeness (QED) is 0.561. The van der Waals surface area contributed by atoms with E-state index >= 15 is 0 Å². The average Bonchev–Trinajstić information content (AvgIpc) is 2.44. The third-order valence-corrected chi connectivity index (χ3v) is 2.94. The molecule has 116 valence electrons. The van der Waals surface area contributed by atoms with E-state index in [4.69, 9.17) is 10.5 Å². The Kier molecular flexibility index (Phi) is 6.61. The molecule has 1 aromatic carbocycles. The number of nitro groups is 1. The van der Waals surface area contributed by atoms with Crippen LogP contribution in [-0.2, 0) is 11.3 Å². The van der Waals surface area contributed by atoms with E-state index in [1.165, 1.54) is 12.1 Å². The Bertz CT molecular complexity index is 505. The van der Waals surface area contributed by atoms with Crippen LogP contribution in [-0.4, -0.2) is 23.5 Å². The molecule has 3 N–H and O–H groups in total. The highest BCUT2D eigenvalue weighted by atomic mass is 16.6. The Morgan fingerprint density at radius 2 is 2.24 bits per heavy atom. The number of carbonyl (C=O) groups excluding carboxylic acids is 1. The Morgan fingerprint density at radius 3 is 2.81 bits per heavy atom. The van der Waals surface area contributed by atoms with Gasteiger partial charge in [-0.15, -0.1) is 0 Å². The van der Waals surface area contributed by atoms with Gasteiger partial charge in [0.25, 0.3) is 5.91 Å². The summed E-state index contributed by atoms with van der Waals surface area (Å²) in [7, 11) is 0. The van der Waals surface area contributed by atoms with E-state index in [2.05, 4.69) is 5.32 Å². The minimum Gasteiger partial charge on any atom is -0.477 e. The molecule has 1 aromatic rings. The summed E-state index contributed by atoms with van der Waals surface area (Å²) in [5, 5.41) is 13.7. The summed E-state index contributed by atoms with van der Waals surface area (Å²) in [4.78, 5) is 22.1. The predicted octanol–water partition coefficient (Wildman–Crippen LogP) is 1.74. The highest BCUT2D eigenvalue weighted by Gasteiger charge is 2.17. The van der Waals surface area contributed by atoms with Crippen molar-refractivity contribution in [1.29, 1.82) is 0 Å². The molecule has 0 heterocycles. The van der Waals surface area contributed by atoms with Gasteiger partial charge in [-0.25, -0.2) is 0 Å². The highest BCUT2D eigenvalue weighted by molar-refractivity contribution is 5.78. The molecular weight excluding hydrogens is 274 g/mol. The number of ether oxygens (including phenoxy) is 1. The number of nitrogens with one attached hydrogen (secondary N) is 1. The number of benzene rings is 1. The normalized spacial score (nSPS) is 11.8. The van der Waals surface area contributed by atoms with E-state index in [0.717, 1.165) is 12.8 Å². The first kappa shape index (κ1) is 16.9. The second-order valence-electron chi connectivity index (χ2n) is 4.81. The smallest absolute Gasteiger partial charge is 0.310 e. The molecule has 0 radical (unpaired) electrons. The van der Waals surface area contributed by atoms with Crippen molar-refractivity contribution in [3.05, 3.63) is 33.9 Å². The molecule has 1 unspecified atom stereocenters. The Morgan fingerprint density at radius 1 is 1.52 bits per heavy atom. The molecular formula is C14H21N3O4. The molecule has 0 aliphatic rings. The van der Waals surface area contributed by atoms with Crippen molar-refractivity contribution in [2.45, 2.75) is 39.3 Å². The Hall–Kier alpha value is -2.15. The molecule has 0 fully saturated rings. The van der Waals surface area contributed by atoms with Gasteiger partial charge in [-0.3, -0.25) is 14.9 Å².